The van der Waals surface area contributed by atoms with Gasteiger partial charge in [-0.1, -0.05) is 13.0 Å². The second-order valence-corrected chi connectivity index (χ2v) is 4.99. The van der Waals surface area contributed by atoms with Crippen molar-refractivity contribution in [1.82, 2.24) is 4.98 Å². The van der Waals surface area contributed by atoms with E-state index in [9.17, 15) is 13.2 Å². The summed E-state index contributed by atoms with van der Waals surface area (Å²) in [6.45, 7) is 4.75. The van der Waals surface area contributed by atoms with Crippen LogP contribution in [-0.4, -0.2) is 30.3 Å². The van der Waals surface area contributed by atoms with Crippen LogP contribution in [0.2, 0.25) is 0 Å². The summed E-state index contributed by atoms with van der Waals surface area (Å²) in [5.41, 5.74) is 7.58. The molecule has 1 aromatic rings. The zero-order valence-electron chi connectivity index (χ0n) is 12.2. The highest BCUT2D eigenvalue weighted by Crippen LogP contribution is 2.23. The Morgan fingerprint density at radius 2 is 2.00 bits per heavy atom. The van der Waals surface area contributed by atoms with Crippen LogP contribution in [0.1, 0.15) is 31.4 Å². The number of alkyl halides is 3. The van der Waals surface area contributed by atoms with E-state index in [0.29, 0.717) is 12.2 Å². The van der Waals surface area contributed by atoms with Gasteiger partial charge in [0, 0.05) is 18.8 Å². The zero-order chi connectivity index (χ0) is 15.3. The smallest absolute Gasteiger partial charge is 0.348 e. The fourth-order valence-electron chi connectivity index (χ4n) is 2.07. The Balaban J connectivity index is 2.90. The molecular weight excluding hydrogens is 267 g/mol. The third kappa shape index (κ3) is 5.00. The van der Waals surface area contributed by atoms with Gasteiger partial charge in [0.05, 0.1) is 0 Å². The number of pyridine rings is 1. The number of nitrogens with zero attached hydrogens (tertiary/aromatic N) is 2. The number of nitrogens with two attached hydrogens (primary N) is 1. The average molecular weight is 289 g/mol. The predicted molar refractivity (Wildman–Crippen MR) is 74.9 cm³/mol. The molecular formula is C14H22F3N3. The lowest BCUT2D eigenvalue weighted by Gasteiger charge is -2.25. The van der Waals surface area contributed by atoms with Crippen LogP contribution in [0.3, 0.4) is 0 Å². The van der Waals surface area contributed by atoms with Gasteiger partial charge in [0.15, 0.2) is 0 Å². The summed E-state index contributed by atoms with van der Waals surface area (Å²) in [5, 5.41) is 0. The maximum Gasteiger partial charge on any atom is 0.405 e. The van der Waals surface area contributed by atoms with Crippen molar-refractivity contribution < 1.29 is 13.2 Å². The standard InChI is InChI=1S/C14H22F3N3/c1-4-12(18)7-11-6-10(3)13(19-8-11)20(5-2)9-14(15,16)17/h6,8,12H,4-5,7,9,18H2,1-3H3. The molecule has 1 unspecified atom stereocenters. The first-order valence-electron chi connectivity index (χ1n) is 6.79. The molecule has 1 rings (SSSR count). The third-order valence-electron chi connectivity index (χ3n) is 3.18. The van der Waals surface area contributed by atoms with Crippen molar-refractivity contribution in [2.45, 2.75) is 45.8 Å². The van der Waals surface area contributed by atoms with Gasteiger partial charge >= 0.3 is 6.18 Å². The number of hydrogen-bond donors (Lipinski definition) is 1. The van der Waals surface area contributed by atoms with Gasteiger partial charge in [-0.05, 0) is 37.8 Å². The van der Waals surface area contributed by atoms with Crippen molar-refractivity contribution in [3.63, 3.8) is 0 Å². The normalized spacial score (nSPS) is 13.3. The molecule has 1 heterocycles. The minimum Gasteiger partial charge on any atom is -0.348 e. The molecule has 114 valence electrons. The SMILES string of the molecule is CCC(N)Cc1cnc(N(CC)CC(F)(F)F)c(C)c1. The van der Waals surface area contributed by atoms with Crippen LogP contribution < -0.4 is 10.6 Å². The topological polar surface area (TPSA) is 42.1 Å². The Labute approximate surface area is 118 Å². The lowest BCUT2D eigenvalue weighted by molar-refractivity contribution is -0.119. The predicted octanol–water partition coefficient (Wildman–Crippen LogP) is 3.06. The summed E-state index contributed by atoms with van der Waals surface area (Å²) in [5.74, 6) is 0.388. The largest absolute Gasteiger partial charge is 0.405 e. The molecule has 0 spiro atoms. The lowest BCUT2D eigenvalue weighted by atomic mass is 10.0. The molecule has 1 atom stereocenters. The van der Waals surface area contributed by atoms with E-state index in [1.54, 1.807) is 20.0 Å². The minimum atomic E-state index is -4.23. The van der Waals surface area contributed by atoms with E-state index in [1.807, 2.05) is 13.0 Å². The van der Waals surface area contributed by atoms with E-state index >= 15 is 0 Å². The van der Waals surface area contributed by atoms with Crippen LogP contribution in [0.4, 0.5) is 19.0 Å². The quantitative estimate of drug-likeness (QED) is 0.875. The van der Waals surface area contributed by atoms with Crippen LogP contribution >= 0.6 is 0 Å². The van der Waals surface area contributed by atoms with Gasteiger partial charge in [-0.3, -0.25) is 0 Å². The highest BCUT2D eigenvalue weighted by molar-refractivity contribution is 5.47. The van der Waals surface area contributed by atoms with Crippen molar-refractivity contribution in [2.75, 3.05) is 18.0 Å². The lowest BCUT2D eigenvalue weighted by Crippen LogP contribution is -2.35. The van der Waals surface area contributed by atoms with Crippen molar-refractivity contribution >= 4 is 5.82 Å². The summed E-state index contributed by atoms with van der Waals surface area (Å²) >= 11 is 0. The van der Waals surface area contributed by atoms with Gasteiger partial charge in [-0.25, -0.2) is 4.98 Å². The first kappa shape index (κ1) is 16.8. The minimum absolute atomic E-state index is 0.0551. The van der Waals surface area contributed by atoms with Crippen LogP contribution in [0.15, 0.2) is 12.3 Å². The summed E-state index contributed by atoms with van der Waals surface area (Å²) in [6.07, 6.45) is -1.06. The van der Waals surface area contributed by atoms with Gasteiger partial charge in [0.2, 0.25) is 0 Å². The molecule has 0 saturated heterocycles. The van der Waals surface area contributed by atoms with Gasteiger partial charge < -0.3 is 10.6 Å². The van der Waals surface area contributed by atoms with Crippen LogP contribution in [0, 0.1) is 6.92 Å². The molecule has 0 aliphatic rings. The monoisotopic (exact) mass is 289 g/mol. The first-order chi connectivity index (χ1) is 9.26. The van der Waals surface area contributed by atoms with Crippen LogP contribution in [0.25, 0.3) is 0 Å². The van der Waals surface area contributed by atoms with E-state index in [0.717, 1.165) is 17.5 Å². The molecule has 0 amide bonds. The second kappa shape index (κ2) is 6.92. The van der Waals surface area contributed by atoms with E-state index in [1.165, 1.54) is 4.90 Å². The van der Waals surface area contributed by atoms with E-state index in [-0.39, 0.29) is 12.6 Å². The zero-order valence-corrected chi connectivity index (χ0v) is 12.2. The molecule has 0 aliphatic heterocycles. The molecule has 0 aromatic carbocycles. The maximum atomic E-state index is 12.5. The highest BCUT2D eigenvalue weighted by Gasteiger charge is 2.31. The Morgan fingerprint density at radius 3 is 2.45 bits per heavy atom. The van der Waals surface area contributed by atoms with Gasteiger partial charge in [-0.15, -0.1) is 0 Å². The highest BCUT2D eigenvalue weighted by atomic mass is 19.4. The number of aromatic nitrogens is 1. The Bertz CT molecular complexity index is 432. The van der Waals surface area contributed by atoms with E-state index in [4.69, 9.17) is 5.73 Å². The van der Waals surface area contributed by atoms with Crippen molar-refractivity contribution in [3.05, 3.63) is 23.4 Å². The number of aryl methyl sites for hydroxylation is 1. The fraction of sp³-hybridized carbons (Fsp3) is 0.643. The Kier molecular flexibility index (Phi) is 5.80. The van der Waals surface area contributed by atoms with Gasteiger partial charge in [0.1, 0.15) is 12.4 Å². The van der Waals surface area contributed by atoms with Crippen molar-refractivity contribution in [3.8, 4) is 0 Å². The average Bonchev–Trinajstić information content (AvgIpc) is 2.35. The number of hydrogen-bond acceptors (Lipinski definition) is 3. The van der Waals surface area contributed by atoms with E-state index in [2.05, 4.69) is 4.98 Å². The summed E-state index contributed by atoms with van der Waals surface area (Å²) < 4.78 is 37.6. The molecule has 2 N–H and O–H groups in total. The molecule has 0 fully saturated rings. The molecule has 0 aliphatic carbocycles. The molecule has 1 aromatic heterocycles. The summed E-state index contributed by atoms with van der Waals surface area (Å²) in [7, 11) is 0. The Hall–Kier alpha value is -1.30. The van der Waals surface area contributed by atoms with Gasteiger partial charge in [-0.2, -0.15) is 13.2 Å². The van der Waals surface area contributed by atoms with Crippen LogP contribution in [0.5, 0.6) is 0 Å². The molecule has 0 saturated carbocycles. The van der Waals surface area contributed by atoms with E-state index < -0.39 is 12.7 Å². The summed E-state index contributed by atoms with van der Waals surface area (Å²) in [6, 6.07) is 1.93. The van der Waals surface area contributed by atoms with Crippen molar-refractivity contribution in [1.29, 1.82) is 0 Å². The molecule has 0 bridgehead atoms. The molecule has 3 nitrogen and oxygen atoms in total. The molecule has 0 radical (unpaired) electrons. The second-order valence-electron chi connectivity index (χ2n) is 4.99. The molecule has 20 heavy (non-hydrogen) atoms. The molecule has 6 heteroatoms. The number of anilines is 1. The van der Waals surface area contributed by atoms with Crippen LogP contribution in [-0.2, 0) is 6.42 Å². The first-order valence-corrected chi connectivity index (χ1v) is 6.79. The summed E-state index contributed by atoms with van der Waals surface area (Å²) in [4.78, 5) is 5.43. The third-order valence-corrected chi connectivity index (χ3v) is 3.18. The fourth-order valence-corrected chi connectivity index (χ4v) is 2.07. The maximum absolute atomic E-state index is 12.5. The van der Waals surface area contributed by atoms with Gasteiger partial charge in [0.25, 0.3) is 0 Å². The number of halogens is 3. The van der Waals surface area contributed by atoms with Crippen molar-refractivity contribution in [2.24, 2.45) is 5.73 Å². The Morgan fingerprint density at radius 1 is 1.35 bits per heavy atom. The number of rotatable bonds is 6.